The fourth-order valence-corrected chi connectivity index (χ4v) is 3.07. The molecule has 0 bridgehead atoms. The molecule has 0 radical (unpaired) electrons. The molecule has 9 nitrogen and oxygen atoms in total. The van der Waals surface area contributed by atoms with E-state index in [-0.39, 0.29) is 24.3 Å². The van der Waals surface area contributed by atoms with Gasteiger partial charge in [0.25, 0.3) is 5.91 Å². The topological polar surface area (TPSA) is 116 Å². The van der Waals surface area contributed by atoms with Crippen LogP contribution in [0.4, 0.5) is 10.6 Å². The van der Waals surface area contributed by atoms with Crippen LogP contribution < -0.4 is 20.9 Å². The maximum atomic E-state index is 12.0. The maximum absolute atomic E-state index is 12.0. The summed E-state index contributed by atoms with van der Waals surface area (Å²) in [6, 6.07) is 2.50. The lowest BCUT2D eigenvalue weighted by Gasteiger charge is -2.32. The van der Waals surface area contributed by atoms with Gasteiger partial charge < -0.3 is 15.5 Å². The highest BCUT2D eigenvalue weighted by Crippen LogP contribution is 2.18. The summed E-state index contributed by atoms with van der Waals surface area (Å²) >= 11 is 5.74. The number of halogens is 1. The lowest BCUT2D eigenvalue weighted by atomic mass is 10.0. The Morgan fingerprint density at radius 2 is 2.04 bits per heavy atom. The number of carbonyl (C=O) groups is 3. The molecule has 0 saturated carbocycles. The van der Waals surface area contributed by atoms with Crippen molar-refractivity contribution in [2.24, 2.45) is 0 Å². The summed E-state index contributed by atoms with van der Waals surface area (Å²) in [5.74, 6) is 0.283. The van der Waals surface area contributed by atoms with E-state index in [1.165, 1.54) is 0 Å². The van der Waals surface area contributed by atoms with Crippen LogP contribution in [0.5, 0.6) is 0 Å². The number of piperidine rings is 1. The number of hydrogen-bond acceptors (Lipinski definition) is 6. The van der Waals surface area contributed by atoms with Crippen LogP contribution in [0.1, 0.15) is 25.7 Å². The number of rotatable bonds is 5. The molecule has 3 N–H and O–H groups in total. The standard InChI is InChI=1S/C15H19ClN6O3/c16-11-2-3-12(21-20-11)22-7-5-9(6-8-22)17-13(23)4-1-10-14(24)19-15(25)18-10/h2-3,9-10H,1,4-8H2,(H,17,23)(H2,18,19,24,25)/t10-/m0/s1. The summed E-state index contributed by atoms with van der Waals surface area (Å²) in [5, 5.41) is 15.9. The van der Waals surface area contributed by atoms with Gasteiger partial charge in [-0.2, -0.15) is 0 Å². The van der Waals surface area contributed by atoms with Crippen LogP contribution in [-0.2, 0) is 9.59 Å². The summed E-state index contributed by atoms with van der Waals surface area (Å²) in [7, 11) is 0. The van der Waals surface area contributed by atoms with Gasteiger partial charge in [0.05, 0.1) is 0 Å². The minimum atomic E-state index is -0.622. The molecule has 134 valence electrons. The molecule has 2 aliphatic heterocycles. The van der Waals surface area contributed by atoms with Crippen LogP contribution in [0.2, 0.25) is 5.15 Å². The Balaban J connectivity index is 1.39. The molecule has 4 amide bonds. The Hall–Kier alpha value is -2.42. The van der Waals surface area contributed by atoms with E-state index in [1.54, 1.807) is 6.07 Å². The van der Waals surface area contributed by atoms with Crippen molar-refractivity contribution in [3.05, 3.63) is 17.3 Å². The van der Waals surface area contributed by atoms with E-state index < -0.39 is 12.1 Å². The van der Waals surface area contributed by atoms with Crippen molar-refractivity contribution in [3.8, 4) is 0 Å². The summed E-state index contributed by atoms with van der Waals surface area (Å²) in [6.07, 6.45) is 2.09. The van der Waals surface area contributed by atoms with Gasteiger partial charge in [0.2, 0.25) is 5.91 Å². The zero-order chi connectivity index (χ0) is 17.8. The Kier molecular flexibility index (Phi) is 5.32. The van der Waals surface area contributed by atoms with Gasteiger partial charge in [0.15, 0.2) is 11.0 Å². The van der Waals surface area contributed by atoms with Crippen molar-refractivity contribution in [3.63, 3.8) is 0 Å². The molecule has 0 aromatic carbocycles. The van der Waals surface area contributed by atoms with Gasteiger partial charge in [-0.15, -0.1) is 10.2 Å². The van der Waals surface area contributed by atoms with Crippen molar-refractivity contribution in [1.29, 1.82) is 0 Å². The molecule has 1 aromatic rings. The predicted octanol–water partition coefficient (Wildman–Crippen LogP) is 0.203. The number of aromatic nitrogens is 2. The third-order valence-electron chi connectivity index (χ3n) is 4.32. The fourth-order valence-electron chi connectivity index (χ4n) is 2.97. The Labute approximate surface area is 149 Å². The average Bonchev–Trinajstić information content (AvgIpc) is 2.92. The molecule has 10 heteroatoms. The van der Waals surface area contributed by atoms with Crippen LogP contribution in [0.3, 0.4) is 0 Å². The van der Waals surface area contributed by atoms with E-state index in [4.69, 9.17) is 11.6 Å². The molecule has 3 heterocycles. The third-order valence-corrected chi connectivity index (χ3v) is 4.52. The van der Waals surface area contributed by atoms with E-state index in [2.05, 4.69) is 31.0 Å². The van der Waals surface area contributed by atoms with Gasteiger partial charge in [0, 0.05) is 25.6 Å². The number of anilines is 1. The predicted molar refractivity (Wildman–Crippen MR) is 90.1 cm³/mol. The molecular formula is C15H19ClN6O3. The number of urea groups is 1. The molecule has 3 rings (SSSR count). The summed E-state index contributed by atoms with van der Waals surface area (Å²) in [5.41, 5.74) is 0. The highest BCUT2D eigenvalue weighted by Gasteiger charge is 2.30. The minimum Gasteiger partial charge on any atom is -0.355 e. The number of carbonyl (C=O) groups excluding carboxylic acids is 3. The smallest absolute Gasteiger partial charge is 0.322 e. The van der Waals surface area contributed by atoms with E-state index in [0.717, 1.165) is 31.7 Å². The largest absolute Gasteiger partial charge is 0.355 e. The average molecular weight is 367 g/mol. The summed E-state index contributed by atoms with van der Waals surface area (Å²) in [6.45, 7) is 1.53. The van der Waals surface area contributed by atoms with Crippen LogP contribution in [0.15, 0.2) is 12.1 Å². The first-order chi connectivity index (χ1) is 12.0. The third kappa shape index (κ3) is 4.56. The van der Waals surface area contributed by atoms with Gasteiger partial charge in [-0.05, 0) is 31.4 Å². The van der Waals surface area contributed by atoms with E-state index in [9.17, 15) is 14.4 Å². The van der Waals surface area contributed by atoms with E-state index >= 15 is 0 Å². The number of hydrogen-bond donors (Lipinski definition) is 3. The van der Waals surface area contributed by atoms with E-state index in [0.29, 0.717) is 11.6 Å². The Morgan fingerprint density at radius 3 is 2.64 bits per heavy atom. The SMILES string of the molecule is O=C(CC[C@@H]1NC(=O)NC1=O)NC1CCN(c2ccc(Cl)nn2)CC1. The maximum Gasteiger partial charge on any atom is 0.322 e. The van der Waals surface area contributed by atoms with Crippen LogP contribution in [-0.4, -0.2) is 53.2 Å². The molecule has 2 fully saturated rings. The molecule has 0 unspecified atom stereocenters. The zero-order valence-electron chi connectivity index (χ0n) is 13.5. The second-order valence-corrected chi connectivity index (χ2v) is 6.48. The normalized spacial score (nSPS) is 21.0. The molecule has 0 aliphatic carbocycles. The first-order valence-corrected chi connectivity index (χ1v) is 8.54. The van der Waals surface area contributed by atoms with Crippen LogP contribution >= 0.6 is 11.6 Å². The van der Waals surface area contributed by atoms with Gasteiger partial charge >= 0.3 is 6.03 Å². The second-order valence-electron chi connectivity index (χ2n) is 6.10. The Morgan fingerprint density at radius 1 is 1.28 bits per heavy atom. The quantitative estimate of drug-likeness (QED) is 0.641. The van der Waals surface area contributed by atoms with Crippen molar-refractivity contribution in [2.45, 2.75) is 37.8 Å². The van der Waals surface area contributed by atoms with Gasteiger partial charge in [-0.3, -0.25) is 14.9 Å². The summed E-state index contributed by atoms with van der Waals surface area (Å²) in [4.78, 5) is 36.6. The molecular weight excluding hydrogens is 348 g/mol. The van der Waals surface area contributed by atoms with Crippen LogP contribution in [0, 0.1) is 0 Å². The number of imide groups is 1. The zero-order valence-corrected chi connectivity index (χ0v) is 14.3. The highest BCUT2D eigenvalue weighted by atomic mass is 35.5. The molecule has 2 saturated heterocycles. The molecule has 1 atom stereocenters. The lowest BCUT2D eigenvalue weighted by Crippen LogP contribution is -2.45. The van der Waals surface area contributed by atoms with Gasteiger partial charge in [-0.1, -0.05) is 11.6 Å². The highest BCUT2D eigenvalue weighted by molar-refractivity contribution is 6.29. The lowest BCUT2D eigenvalue weighted by molar-refractivity contribution is -0.122. The number of nitrogens with one attached hydrogen (secondary N) is 3. The molecule has 25 heavy (non-hydrogen) atoms. The number of nitrogens with zero attached hydrogens (tertiary/aromatic N) is 3. The first-order valence-electron chi connectivity index (χ1n) is 8.16. The van der Waals surface area contributed by atoms with Crippen molar-refractivity contribution in [2.75, 3.05) is 18.0 Å². The molecule has 1 aromatic heterocycles. The van der Waals surface area contributed by atoms with Crippen LogP contribution in [0.25, 0.3) is 0 Å². The van der Waals surface area contributed by atoms with Crippen molar-refractivity contribution >= 4 is 35.3 Å². The molecule has 2 aliphatic rings. The van der Waals surface area contributed by atoms with Gasteiger partial charge in [-0.25, -0.2) is 4.79 Å². The minimum absolute atomic E-state index is 0.0935. The van der Waals surface area contributed by atoms with Gasteiger partial charge in [0.1, 0.15) is 6.04 Å². The number of amides is 4. The molecule has 0 spiro atoms. The van der Waals surface area contributed by atoms with Crippen molar-refractivity contribution < 1.29 is 14.4 Å². The monoisotopic (exact) mass is 366 g/mol. The Bertz CT molecular complexity index is 660. The first kappa shape index (κ1) is 17.4. The van der Waals surface area contributed by atoms with Crippen molar-refractivity contribution in [1.82, 2.24) is 26.1 Å². The second kappa shape index (κ2) is 7.64. The van der Waals surface area contributed by atoms with E-state index in [1.807, 2.05) is 6.07 Å². The fraction of sp³-hybridized carbons (Fsp3) is 0.533. The summed E-state index contributed by atoms with van der Waals surface area (Å²) < 4.78 is 0.